The quantitative estimate of drug-likeness (QED) is 0.181. The monoisotopic (exact) mass is 333 g/mol. The zero-order valence-corrected chi connectivity index (χ0v) is 11.5. The van der Waals surface area contributed by atoms with Crippen molar-refractivity contribution in [2.24, 2.45) is 5.73 Å². The average Bonchev–Trinajstić information content (AvgIpc) is 2.51. The van der Waals surface area contributed by atoms with Crippen LogP contribution in [0.15, 0.2) is 6.07 Å². The van der Waals surface area contributed by atoms with Crippen molar-refractivity contribution in [1.29, 1.82) is 0 Å². The molecule has 0 saturated carbocycles. The fourth-order valence-electron chi connectivity index (χ4n) is 1.83. The minimum Gasteiger partial charge on any atom is -0.504 e. The molecule has 2 bridgehead atoms. The molecule has 11 heteroatoms. The van der Waals surface area contributed by atoms with E-state index in [9.17, 15) is 35.1 Å². The molecule has 128 valence electrons. The van der Waals surface area contributed by atoms with Crippen LogP contribution in [0.3, 0.4) is 0 Å². The second-order valence-corrected chi connectivity index (χ2v) is 4.47. The van der Waals surface area contributed by atoms with Crippen LogP contribution in [0.4, 0.5) is 0 Å². The maximum atomic E-state index is 11.7. The van der Waals surface area contributed by atoms with Gasteiger partial charge < -0.3 is 46.2 Å². The highest BCUT2D eigenvalue weighted by molar-refractivity contribution is 5.89. The van der Waals surface area contributed by atoms with Gasteiger partial charge in [-0.25, -0.2) is 9.59 Å². The van der Waals surface area contributed by atoms with Gasteiger partial charge in [0.1, 0.15) is 5.75 Å². The molecular weight excluding hydrogens is 318 g/mol. The van der Waals surface area contributed by atoms with Crippen molar-refractivity contribution < 1.29 is 50.1 Å². The number of aromatic hydroxyl groups is 2. The molecule has 0 aliphatic carbocycles. The molecule has 0 spiro atoms. The highest BCUT2D eigenvalue weighted by Crippen LogP contribution is 2.47. The Bertz CT molecular complexity index is 631. The number of hydrogen-bond acceptors (Lipinski definition) is 10. The summed E-state index contributed by atoms with van der Waals surface area (Å²) >= 11 is 0. The Morgan fingerprint density at radius 2 is 1.65 bits per heavy atom. The van der Waals surface area contributed by atoms with Crippen molar-refractivity contribution in [3.8, 4) is 23.0 Å². The lowest BCUT2D eigenvalue weighted by Crippen LogP contribution is -2.43. The first kappa shape index (κ1) is 18.6. The number of rotatable bonds is 2. The lowest BCUT2D eigenvalue weighted by Gasteiger charge is -2.18. The van der Waals surface area contributed by atoms with Gasteiger partial charge in [0, 0.05) is 12.6 Å². The van der Waals surface area contributed by atoms with E-state index in [2.05, 4.69) is 4.74 Å². The molecule has 1 heterocycles. The van der Waals surface area contributed by atoms with Gasteiger partial charge in [-0.15, -0.1) is 0 Å². The van der Waals surface area contributed by atoms with E-state index >= 15 is 0 Å². The molecule has 3 atom stereocenters. The molecule has 0 aromatic heterocycles. The van der Waals surface area contributed by atoms with Crippen LogP contribution >= 0.6 is 0 Å². The lowest BCUT2D eigenvalue weighted by atomic mass is 10.1. The zero-order chi connectivity index (χ0) is 16.6. The Morgan fingerprint density at radius 3 is 2.17 bits per heavy atom. The molecule has 0 amide bonds. The first-order valence-corrected chi connectivity index (χ1v) is 6.04. The van der Waals surface area contributed by atoms with Crippen molar-refractivity contribution in [2.45, 2.75) is 18.3 Å². The van der Waals surface area contributed by atoms with Crippen molar-refractivity contribution in [2.75, 3.05) is 6.54 Å². The fourth-order valence-corrected chi connectivity index (χ4v) is 1.83. The number of ether oxygens (including phenoxy) is 2. The number of carbonyl (C=O) groups is 2. The van der Waals surface area contributed by atoms with Gasteiger partial charge in [0.2, 0.25) is 5.75 Å². The second-order valence-electron chi connectivity index (χ2n) is 4.47. The third-order valence-electron chi connectivity index (χ3n) is 2.99. The minimum absolute atomic E-state index is 0. The van der Waals surface area contributed by atoms with Crippen LogP contribution in [-0.2, 0) is 9.59 Å². The van der Waals surface area contributed by atoms with E-state index in [0.29, 0.717) is 0 Å². The number of carbonyl (C=O) groups excluding carboxylic acids is 2. The first-order chi connectivity index (χ1) is 10.3. The Labute approximate surface area is 128 Å². The van der Waals surface area contributed by atoms with E-state index < -0.39 is 59.8 Å². The van der Waals surface area contributed by atoms with Crippen molar-refractivity contribution >= 4 is 11.9 Å². The summed E-state index contributed by atoms with van der Waals surface area (Å²) in [5.41, 5.74) is 4.90. The smallest absolute Gasteiger partial charge is 0.343 e. The molecule has 23 heavy (non-hydrogen) atoms. The van der Waals surface area contributed by atoms with Crippen molar-refractivity contribution in [3.05, 3.63) is 11.6 Å². The summed E-state index contributed by atoms with van der Waals surface area (Å²) < 4.78 is 9.39. The SMILES string of the molecule is NC[C@H](O)c1c2cc(O)c(O)c1OC(=O)[C@H](O)[C@@H](O)C(=O)O2.O. The number of esters is 2. The zero-order valence-electron chi connectivity index (χ0n) is 11.5. The number of aliphatic hydroxyl groups excluding tert-OH is 3. The van der Waals surface area contributed by atoms with Crippen LogP contribution in [0.25, 0.3) is 0 Å². The number of nitrogens with two attached hydrogens (primary N) is 1. The molecule has 0 unspecified atom stereocenters. The molecule has 1 aliphatic heterocycles. The van der Waals surface area contributed by atoms with Crippen molar-refractivity contribution in [3.63, 3.8) is 0 Å². The molecule has 1 aromatic carbocycles. The third kappa shape index (κ3) is 3.18. The summed E-state index contributed by atoms with van der Waals surface area (Å²) in [4.78, 5) is 23.3. The summed E-state index contributed by atoms with van der Waals surface area (Å²) in [5.74, 6) is -5.90. The summed E-state index contributed by atoms with van der Waals surface area (Å²) in [5, 5.41) is 48.2. The van der Waals surface area contributed by atoms with Gasteiger partial charge >= 0.3 is 11.9 Å². The van der Waals surface area contributed by atoms with Crippen LogP contribution in [0.1, 0.15) is 11.7 Å². The molecule has 1 aliphatic rings. The Morgan fingerprint density at radius 1 is 1.13 bits per heavy atom. The van der Waals surface area contributed by atoms with Gasteiger partial charge in [-0.2, -0.15) is 0 Å². The van der Waals surface area contributed by atoms with Crippen LogP contribution < -0.4 is 15.2 Å². The second kappa shape index (κ2) is 6.76. The molecule has 0 fully saturated rings. The normalized spacial score (nSPS) is 21.9. The van der Waals surface area contributed by atoms with Crippen LogP contribution in [0.2, 0.25) is 0 Å². The standard InChI is InChI=1S/C12H13NO9.H2O/c13-2-4(15)6-5-1-3(14)7(16)10(6)22-12(20)9(18)8(17)11(19)21-5;/h1,4,8-9,14-18H,2,13H2;1H2/t4-,8+,9+;/m0./s1. The minimum atomic E-state index is -2.29. The van der Waals surface area contributed by atoms with E-state index in [1.807, 2.05) is 0 Å². The maximum absolute atomic E-state index is 11.7. The lowest BCUT2D eigenvalue weighted by molar-refractivity contribution is -0.161. The molecule has 0 radical (unpaired) electrons. The van der Waals surface area contributed by atoms with Gasteiger partial charge in [0.05, 0.1) is 11.7 Å². The Balaban J connectivity index is 0.00000264. The first-order valence-electron chi connectivity index (χ1n) is 6.04. The average molecular weight is 333 g/mol. The summed E-state index contributed by atoms with van der Waals surface area (Å²) in [6.07, 6.45) is -6.07. The predicted molar refractivity (Wildman–Crippen MR) is 70.7 cm³/mol. The topological polar surface area (TPSA) is 211 Å². The van der Waals surface area contributed by atoms with Crippen LogP contribution in [0.5, 0.6) is 23.0 Å². The summed E-state index contributed by atoms with van der Waals surface area (Å²) in [7, 11) is 0. The van der Waals surface area contributed by atoms with E-state index in [-0.39, 0.29) is 11.0 Å². The van der Waals surface area contributed by atoms with E-state index in [1.54, 1.807) is 0 Å². The molecular formula is C12H15NO10. The fraction of sp³-hybridized carbons (Fsp3) is 0.333. The number of hydrogen-bond donors (Lipinski definition) is 6. The number of phenols is 2. The Hall–Kier alpha value is -2.44. The largest absolute Gasteiger partial charge is 0.504 e. The van der Waals surface area contributed by atoms with E-state index in [1.165, 1.54) is 0 Å². The number of phenolic OH excluding ortho intramolecular Hbond substituents is 2. The van der Waals surface area contributed by atoms with Gasteiger partial charge in [-0.3, -0.25) is 0 Å². The van der Waals surface area contributed by atoms with Crippen LogP contribution in [0, 0.1) is 0 Å². The molecule has 0 saturated heterocycles. The van der Waals surface area contributed by atoms with Crippen LogP contribution in [-0.4, -0.2) is 61.7 Å². The number of aliphatic hydroxyl groups is 3. The molecule has 1 aromatic rings. The van der Waals surface area contributed by atoms with E-state index in [4.69, 9.17) is 10.5 Å². The van der Waals surface area contributed by atoms with Crippen molar-refractivity contribution in [1.82, 2.24) is 0 Å². The molecule has 9 N–H and O–H groups in total. The van der Waals surface area contributed by atoms with Gasteiger partial charge in [0.15, 0.2) is 23.7 Å². The summed E-state index contributed by atoms with van der Waals surface area (Å²) in [6, 6.07) is 0.767. The maximum Gasteiger partial charge on any atom is 0.343 e. The predicted octanol–water partition coefficient (Wildman–Crippen LogP) is -3.19. The Kier molecular flexibility index (Phi) is 5.47. The molecule has 11 nitrogen and oxygen atoms in total. The van der Waals surface area contributed by atoms with E-state index in [0.717, 1.165) is 6.07 Å². The van der Waals surface area contributed by atoms with Gasteiger partial charge in [-0.1, -0.05) is 0 Å². The molecule has 2 rings (SSSR count). The third-order valence-corrected chi connectivity index (χ3v) is 2.99. The van der Waals surface area contributed by atoms with Gasteiger partial charge in [-0.05, 0) is 0 Å². The number of fused-ring (bicyclic) bond motifs is 2. The highest BCUT2D eigenvalue weighted by Gasteiger charge is 2.38. The van der Waals surface area contributed by atoms with Gasteiger partial charge in [0.25, 0.3) is 0 Å². The number of benzene rings is 1. The highest BCUT2D eigenvalue weighted by atomic mass is 16.6. The summed E-state index contributed by atoms with van der Waals surface area (Å²) in [6.45, 7) is -0.398.